The molecule has 88 valence electrons. The second-order valence-electron chi connectivity index (χ2n) is 3.89. The topological polar surface area (TPSA) is 56.5 Å². The summed E-state index contributed by atoms with van der Waals surface area (Å²) in [6.07, 6.45) is 4.59. The fourth-order valence-electron chi connectivity index (χ4n) is 1.82. The van der Waals surface area contributed by atoms with Crippen molar-refractivity contribution in [3.05, 3.63) is 42.5 Å². The number of hydrogen-bond acceptors (Lipinski definition) is 4. The summed E-state index contributed by atoms with van der Waals surface area (Å²) < 4.78 is 12.3. The third-order valence-electron chi connectivity index (χ3n) is 2.72. The van der Waals surface area contributed by atoms with E-state index in [-0.39, 0.29) is 6.79 Å². The molecule has 2 heterocycles. The number of ether oxygens (including phenoxy) is 2. The Bertz CT molecular complexity index is 510. The van der Waals surface area contributed by atoms with Crippen LogP contribution in [0, 0.1) is 0 Å². The highest BCUT2D eigenvalue weighted by molar-refractivity contribution is 5.45. The van der Waals surface area contributed by atoms with Gasteiger partial charge >= 0.3 is 0 Å². The molecule has 0 amide bonds. The smallest absolute Gasteiger partial charge is 0.231 e. The standard InChI is InChI=1S/C12H12N2O3/c15-10(6-14-4-3-13-7-14)9-1-2-11-12(5-9)17-8-16-11/h1-5,7,10,15H,6,8H2. The second-order valence-corrected chi connectivity index (χ2v) is 3.89. The number of imidazole rings is 1. The van der Waals surface area contributed by atoms with Crippen LogP contribution in [0.4, 0.5) is 0 Å². The van der Waals surface area contributed by atoms with E-state index in [1.165, 1.54) is 0 Å². The zero-order valence-electron chi connectivity index (χ0n) is 9.11. The van der Waals surface area contributed by atoms with Crippen LogP contribution in [-0.4, -0.2) is 21.5 Å². The fraction of sp³-hybridized carbons (Fsp3) is 0.250. The lowest BCUT2D eigenvalue weighted by Crippen LogP contribution is -2.06. The van der Waals surface area contributed by atoms with Crippen molar-refractivity contribution in [2.24, 2.45) is 0 Å². The van der Waals surface area contributed by atoms with Gasteiger partial charge in [-0.2, -0.15) is 0 Å². The van der Waals surface area contributed by atoms with Gasteiger partial charge in [0.1, 0.15) is 0 Å². The highest BCUT2D eigenvalue weighted by Gasteiger charge is 2.16. The largest absolute Gasteiger partial charge is 0.454 e. The van der Waals surface area contributed by atoms with Crippen molar-refractivity contribution in [2.75, 3.05) is 6.79 Å². The van der Waals surface area contributed by atoms with Gasteiger partial charge in [-0.1, -0.05) is 6.07 Å². The van der Waals surface area contributed by atoms with E-state index in [4.69, 9.17) is 9.47 Å². The van der Waals surface area contributed by atoms with E-state index >= 15 is 0 Å². The fourth-order valence-corrected chi connectivity index (χ4v) is 1.82. The summed E-state index contributed by atoms with van der Waals surface area (Å²) >= 11 is 0. The molecule has 1 aromatic heterocycles. The Morgan fingerprint density at radius 3 is 3.06 bits per heavy atom. The number of fused-ring (bicyclic) bond motifs is 1. The molecule has 3 rings (SSSR count). The molecule has 0 spiro atoms. The molecule has 1 aromatic carbocycles. The first-order valence-corrected chi connectivity index (χ1v) is 5.36. The predicted octanol–water partition coefficient (Wildman–Crippen LogP) is 1.35. The average Bonchev–Trinajstić information content (AvgIpc) is 2.97. The first kappa shape index (κ1) is 10.2. The van der Waals surface area contributed by atoms with Crippen molar-refractivity contribution in [1.29, 1.82) is 0 Å². The number of rotatable bonds is 3. The van der Waals surface area contributed by atoms with Crippen LogP contribution in [0.15, 0.2) is 36.9 Å². The van der Waals surface area contributed by atoms with Crippen LogP contribution in [0.5, 0.6) is 11.5 Å². The highest BCUT2D eigenvalue weighted by Crippen LogP contribution is 2.34. The molecule has 0 saturated heterocycles. The number of hydrogen-bond donors (Lipinski definition) is 1. The number of aromatic nitrogens is 2. The van der Waals surface area contributed by atoms with E-state index in [0.717, 1.165) is 11.3 Å². The van der Waals surface area contributed by atoms with E-state index < -0.39 is 6.10 Å². The molecule has 1 unspecified atom stereocenters. The Balaban J connectivity index is 1.79. The molecule has 1 N–H and O–H groups in total. The molecule has 5 nitrogen and oxygen atoms in total. The number of benzene rings is 1. The number of nitrogens with zero attached hydrogens (tertiary/aromatic N) is 2. The van der Waals surface area contributed by atoms with Crippen molar-refractivity contribution in [3.8, 4) is 11.5 Å². The molecular weight excluding hydrogens is 220 g/mol. The van der Waals surface area contributed by atoms with E-state index in [2.05, 4.69) is 4.98 Å². The van der Waals surface area contributed by atoms with Gasteiger partial charge in [-0.3, -0.25) is 0 Å². The zero-order valence-corrected chi connectivity index (χ0v) is 9.11. The van der Waals surface area contributed by atoms with Crippen molar-refractivity contribution < 1.29 is 14.6 Å². The third-order valence-corrected chi connectivity index (χ3v) is 2.72. The Morgan fingerprint density at radius 2 is 2.24 bits per heavy atom. The van der Waals surface area contributed by atoms with Crippen LogP contribution < -0.4 is 9.47 Å². The highest BCUT2D eigenvalue weighted by atomic mass is 16.7. The normalized spacial score (nSPS) is 14.9. The van der Waals surface area contributed by atoms with Gasteiger partial charge in [-0.05, 0) is 17.7 Å². The molecule has 0 radical (unpaired) electrons. The molecule has 0 bridgehead atoms. The molecule has 1 aliphatic heterocycles. The molecule has 1 atom stereocenters. The SMILES string of the molecule is OC(Cn1ccnc1)c1ccc2c(c1)OCO2. The van der Waals surface area contributed by atoms with Crippen LogP contribution in [0.2, 0.25) is 0 Å². The second kappa shape index (κ2) is 4.10. The molecule has 0 fully saturated rings. The lowest BCUT2D eigenvalue weighted by Gasteiger charge is -2.12. The van der Waals surface area contributed by atoms with Gasteiger partial charge in [0.25, 0.3) is 0 Å². The molecule has 1 aliphatic rings. The van der Waals surface area contributed by atoms with Crippen LogP contribution in [0.25, 0.3) is 0 Å². The first-order valence-electron chi connectivity index (χ1n) is 5.36. The van der Waals surface area contributed by atoms with Crippen molar-refractivity contribution in [3.63, 3.8) is 0 Å². The Kier molecular flexibility index (Phi) is 2.45. The maximum Gasteiger partial charge on any atom is 0.231 e. The lowest BCUT2D eigenvalue weighted by molar-refractivity contribution is 0.155. The summed E-state index contributed by atoms with van der Waals surface area (Å²) in [4.78, 5) is 3.93. The summed E-state index contributed by atoms with van der Waals surface area (Å²) in [5, 5.41) is 10.1. The van der Waals surface area contributed by atoms with E-state index in [9.17, 15) is 5.11 Å². The Hall–Kier alpha value is -2.01. The monoisotopic (exact) mass is 232 g/mol. The molecule has 0 saturated carbocycles. The minimum Gasteiger partial charge on any atom is -0.454 e. The van der Waals surface area contributed by atoms with E-state index in [1.807, 2.05) is 29.0 Å². The molecule has 5 heteroatoms. The minimum atomic E-state index is -0.585. The average molecular weight is 232 g/mol. The van der Waals surface area contributed by atoms with Gasteiger partial charge in [0.15, 0.2) is 11.5 Å². The molecular formula is C12H12N2O3. The maximum atomic E-state index is 10.1. The quantitative estimate of drug-likeness (QED) is 0.867. The van der Waals surface area contributed by atoms with Gasteiger partial charge in [0.05, 0.1) is 19.0 Å². The Labute approximate surface area is 98.2 Å². The van der Waals surface area contributed by atoms with Crippen molar-refractivity contribution in [1.82, 2.24) is 9.55 Å². The van der Waals surface area contributed by atoms with Gasteiger partial charge < -0.3 is 19.1 Å². The summed E-state index contributed by atoms with van der Waals surface area (Å²) in [5.41, 5.74) is 0.808. The van der Waals surface area contributed by atoms with Gasteiger partial charge in [-0.25, -0.2) is 4.98 Å². The van der Waals surface area contributed by atoms with E-state index in [1.54, 1.807) is 12.5 Å². The minimum absolute atomic E-state index is 0.246. The van der Waals surface area contributed by atoms with Crippen molar-refractivity contribution in [2.45, 2.75) is 12.6 Å². The van der Waals surface area contributed by atoms with Crippen LogP contribution in [0.3, 0.4) is 0 Å². The Morgan fingerprint density at radius 1 is 1.35 bits per heavy atom. The van der Waals surface area contributed by atoms with Gasteiger partial charge in [0.2, 0.25) is 6.79 Å². The summed E-state index contributed by atoms with van der Waals surface area (Å²) in [5.74, 6) is 1.41. The predicted molar refractivity (Wildman–Crippen MR) is 59.8 cm³/mol. The third kappa shape index (κ3) is 1.97. The summed E-state index contributed by atoms with van der Waals surface area (Å²) in [6, 6.07) is 5.47. The first-order chi connectivity index (χ1) is 8.33. The summed E-state index contributed by atoms with van der Waals surface area (Å²) in [6.45, 7) is 0.718. The van der Waals surface area contributed by atoms with Crippen LogP contribution >= 0.6 is 0 Å². The maximum absolute atomic E-state index is 10.1. The van der Waals surface area contributed by atoms with Crippen molar-refractivity contribution >= 4 is 0 Å². The molecule has 2 aromatic rings. The van der Waals surface area contributed by atoms with Crippen LogP contribution in [-0.2, 0) is 6.54 Å². The zero-order chi connectivity index (χ0) is 11.7. The number of aliphatic hydroxyl groups excluding tert-OH is 1. The molecule has 17 heavy (non-hydrogen) atoms. The van der Waals surface area contributed by atoms with Gasteiger partial charge in [0, 0.05) is 12.4 Å². The molecule has 0 aliphatic carbocycles. The van der Waals surface area contributed by atoms with Gasteiger partial charge in [-0.15, -0.1) is 0 Å². The van der Waals surface area contributed by atoms with Crippen LogP contribution in [0.1, 0.15) is 11.7 Å². The lowest BCUT2D eigenvalue weighted by atomic mass is 10.1. The van der Waals surface area contributed by atoms with E-state index in [0.29, 0.717) is 12.3 Å². The number of aliphatic hydroxyl groups is 1. The summed E-state index contributed by atoms with van der Waals surface area (Å²) in [7, 11) is 0.